The molecule has 0 fully saturated rings. The van der Waals surface area contributed by atoms with Gasteiger partial charge in [0.1, 0.15) is 5.03 Å². The number of H-pyrrole nitrogens is 1. The van der Waals surface area contributed by atoms with E-state index < -0.39 is 0 Å². The smallest absolute Gasteiger partial charge is 0.122 e. The van der Waals surface area contributed by atoms with Gasteiger partial charge in [0.15, 0.2) is 0 Å². The summed E-state index contributed by atoms with van der Waals surface area (Å²) in [5, 5.41) is 12.1. The molecule has 1 aromatic heterocycles. The molecule has 96 valence electrons. The quantitative estimate of drug-likeness (QED) is 0.850. The highest BCUT2D eigenvalue weighted by molar-refractivity contribution is 7.98. The summed E-state index contributed by atoms with van der Waals surface area (Å²) in [4.78, 5) is 0. The molecule has 18 heavy (non-hydrogen) atoms. The molecular weight excluding hydrogens is 266 g/mol. The van der Waals surface area contributed by atoms with E-state index in [-0.39, 0.29) is 12.4 Å². The molecule has 1 aliphatic heterocycles. The van der Waals surface area contributed by atoms with E-state index in [0.717, 1.165) is 25.3 Å². The van der Waals surface area contributed by atoms with Crippen molar-refractivity contribution >= 4 is 24.2 Å². The first-order valence-electron chi connectivity index (χ1n) is 5.87. The Morgan fingerprint density at radius 3 is 2.89 bits per heavy atom. The van der Waals surface area contributed by atoms with Crippen molar-refractivity contribution in [2.24, 2.45) is 0 Å². The zero-order valence-corrected chi connectivity index (χ0v) is 11.6. The molecule has 3 rings (SSSR count). The van der Waals surface area contributed by atoms with E-state index >= 15 is 0 Å². The number of rotatable bonds is 3. The number of halogens is 1. The maximum atomic E-state index is 4.41. The summed E-state index contributed by atoms with van der Waals surface area (Å²) in [6, 6.07) is 10.5. The Morgan fingerprint density at radius 1 is 1.22 bits per heavy atom. The van der Waals surface area contributed by atoms with Crippen molar-refractivity contribution in [2.45, 2.75) is 23.7 Å². The lowest BCUT2D eigenvalue weighted by Gasteiger charge is -2.12. The van der Waals surface area contributed by atoms with Crippen molar-refractivity contribution in [3.63, 3.8) is 0 Å². The molecule has 2 N–H and O–H groups in total. The largest absolute Gasteiger partial charge is 0.311 e. The second-order valence-electron chi connectivity index (χ2n) is 4.19. The predicted molar refractivity (Wildman–Crippen MR) is 77.2 cm³/mol. The molecule has 1 aromatic carbocycles. The SMILES string of the molecule is Cl.c1ccc(CSc2n[nH]c3c2CCNC3)cc1. The first-order valence-corrected chi connectivity index (χ1v) is 6.85. The number of benzene rings is 1. The fourth-order valence-corrected chi connectivity index (χ4v) is 3.06. The van der Waals surface area contributed by atoms with Crippen molar-refractivity contribution in [3.8, 4) is 0 Å². The second kappa shape index (κ2) is 6.27. The summed E-state index contributed by atoms with van der Waals surface area (Å²) < 4.78 is 0. The highest BCUT2D eigenvalue weighted by Crippen LogP contribution is 2.27. The number of hydrogen-bond donors (Lipinski definition) is 2. The first-order chi connectivity index (χ1) is 8.43. The number of nitrogens with zero attached hydrogens (tertiary/aromatic N) is 1. The van der Waals surface area contributed by atoms with E-state index in [1.807, 2.05) is 11.8 Å². The van der Waals surface area contributed by atoms with E-state index in [4.69, 9.17) is 0 Å². The van der Waals surface area contributed by atoms with Crippen LogP contribution in [0.3, 0.4) is 0 Å². The van der Waals surface area contributed by atoms with Crippen LogP contribution in [0.15, 0.2) is 35.4 Å². The second-order valence-corrected chi connectivity index (χ2v) is 5.15. The van der Waals surface area contributed by atoms with Crippen molar-refractivity contribution < 1.29 is 0 Å². The van der Waals surface area contributed by atoms with Crippen molar-refractivity contribution in [3.05, 3.63) is 47.2 Å². The van der Waals surface area contributed by atoms with Gasteiger partial charge in [-0.05, 0) is 18.5 Å². The van der Waals surface area contributed by atoms with Gasteiger partial charge in [-0.3, -0.25) is 5.10 Å². The van der Waals surface area contributed by atoms with Crippen LogP contribution in [0.5, 0.6) is 0 Å². The minimum absolute atomic E-state index is 0. The zero-order chi connectivity index (χ0) is 11.5. The number of fused-ring (bicyclic) bond motifs is 1. The third kappa shape index (κ3) is 2.88. The van der Waals surface area contributed by atoms with Gasteiger partial charge >= 0.3 is 0 Å². The number of nitrogens with one attached hydrogen (secondary N) is 2. The van der Waals surface area contributed by atoms with E-state index in [0.29, 0.717) is 0 Å². The summed E-state index contributed by atoms with van der Waals surface area (Å²) >= 11 is 1.82. The molecule has 0 spiro atoms. The van der Waals surface area contributed by atoms with Crippen LogP contribution in [0, 0.1) is 0 Å². The van der Waals surface area contributed by atoms with Crippen LogP contribution in [0.2, 0.25) is 0 Å². The summed E-state index contributed by atoms with van der Waals surface area (Å²) in [6.45, 7) is 1.99. The lowest BCUT2D eigenvalue weighted by molar-refractivity contribution is 0.630. The van der Waals surface area contributed by atoms with Gasteiger partial charge in [0.05, 0.1) is 5.69 Å². The van der Waals surface area contributed by atoms with Gasteiger partial charge in [-0.25, -0.2) is 0 Å². The highest BCUT2D eigenvalue weighted by Gasteiger charge is 2.16. The molecular formula is C13H16ClN3S. The molecule has 2 aromatic rings. The van der Waals surface area contributed by atoms with Gasteiger partial charge in [0.25, 0.3) is 0 Å². The third-order valence-corrected chi connectivity index (χ3v) is 4.08. The minimum atomic E-state index is 0. The van der Waals surface area contributed by atoms with Crippen LogP contribution in [0.1, 0.15) is 16.8 Å². The molecule has 0 unspecified atom stereocenters. The maximum Gasteiger partial charge on any atom is 0.122 e. The van der Waals surface area contributed by atoms with Crippen molar-refractivity contribution in [1.29, 1.82) is 0 Å². The van der Waals surface area contributed by atoms with Gasteiger partial charge in [-0.15, -0.1) is 12.4 Å². The summed E-state index contributed by atoms with van der Waals surface area (Å²) in [6.07, 6.45) is 1.09. The molecule has 0 saturated carbocycles. The molecule has 0 saturated heterocycles. The highest BCUT2D eigenvalue weighted by atomic mass is 35.5. The van der Waals surface area contributed by atoms with Gasteiger partial charge < -0.3 is 5.32 Å². The van der Waals surface area contributed by atoms with Crippen molar-refractivity contribution in [2.75, 3.05) is 6.54 Å². The van der Waals surface area contributed by atoms with Crippen LogP contribution in [-0.4, -0.2) is 16.7 Å². The number of hydrogen-bond acceptors (Lipinski definition) is 3. The van der Waals surface area contributed by atoms with E-state index in [1.54, 1.807) is 0 Å². The summed E-state index contributed by atoms with van der Waals surface area (Å²) in [7, 11) is 0. The average molecular weight is 282 g/mol. The van der Waals surface area contributed by atoms with E-state index in [1.165, 1.54) is 21.8 Å². The van der Waals surface area contributed by atoms with Crippen LogP contribution >= 0.6 is 24.2 Å². The fourth-order valence-electron chi connectivity index (χ4n) is 2.06. The molecule has 0 atom stereocenters. The van der Waals surface area contributed by atoms with Gasteiger partial charge in [0.2, 0.25) is 0 Å². The fraction of sp³-hybridized carbons (Fsp3) is 0.308. The molecule has 0 radical (unpaired) electrons. The lowest BCUT2D eigenvalue weighted by atomic mass is 10.1. The molecule has 0 amide bonds. The molecule has 5 heteroatoms. The van der Waals surface area contributed by atoms with Crippen molar-refractivity contribution in [1.82, 2.24) is 15.5 Å². The molecule has 2 heterocycles. The summed E-state index contributed by atoms with van der Waals surface area (Å²) in [5.41, 5.74) is 4.01. The van der Waals surface area contributed by atoms with Crippen LogP contribution in [0.25, 0.3) is 0 Å². The normalized spacial score (nSPS) is 13.8. The standard InChI is InChI=1S/C13H15N3S.ClH/c1-2-4-10(5-3-1)9-17-13-11-6-7-14-8-12(11)15-16-13;/h1-5,14H,6-9H2,(H,15,16);1H. The van der Waals surface area contributed by atoms with Gasteiger partial charge in [-0.1, -0.05) is 42.1 Å². The zero-order valence-electron chi connectivity index (χ0n) is 9.98. The Bertz CT molecular complexity index is 498. The van der Waals surface area contributed by atoms with Gasteiger partial charge in [0, 0.05) is 17.9 Å². The average Bonchev–Trinajstić information content (AvgIpc) is 2.81. The predicted octanol–water partition coefficient (Wildman–Crippen LogP) is 2.77. The van der Waals surface area contributed by atoms with E-state index in [2.05, 4.69) is 45.8 Å². The molecule has 1 aliphatic rings. The van der Waals surface area contributed by atoms with Gasteiger partial charge in [-0.2, -0.15) is 5.10 Å². The Morgan fingerprint density at radius 2 is 2.06 bits per heavy atom. The van der Waals surface area contributed by atoms with E-state index in [9.17, 15) is 0 Å². The van der Waals surface area contributed by atoms with Crippen LogP contribution in [-0.2, 0) is 18.7 Å². The topological polar surface area (TPSA) is 40.7 Å². The number of thioether (sulfide) groups is 1. The maximum absolute atomic E-state index is 4.41. The Balaban J connectivity index is 0.00000120. The van der Waals surface area contributed by atoms with Crippen LogP contribution in [0.4, 0.5) is 0 Å². The molecule has 0 aliphatic carbocycles. The lowest BCUT2D eigenvalue weighted by Crippen LogP contribution is -2.23. The molecule has 0 bridgehead atoms. The number of aromatic nitrogens is 2. The Kier molecular flexibility index (Phi) is 4.69. The third-order valence-electron chi connectivity index (χ3n) is 2.99. The van der Waals surface area contributed by atoms with Crippen LogP contribution < -0.4 is 5.32 Å². The Hall–Kier alpha value is -0.970. The Labute approximate surface area is 117 Å². The first kappa shape index (κ1) is 13.5. The minimum Gasteiger partial charge on any atom is -0.311 e. The molecule has 3 nitrogen and oxygen atoms in total. The summed E-state index contributed by atoms with van der Waals surface area (Å²) in [5.74, 6) is 0.992. The number of aromatic amines is 1. The monoisotopic (exact) mass is 281 g/mol.